The molecular weight excluding hydrogens is 294 g/mol. The van der Waals surface area contributed by atoms with Crippen LogP contribution in [0, 0.1) is 5.41 Å². The van der Waals surface area contributed by atoms with Gasteiger partial charge < -0.3 is 9.64 Å². The predicted molar refractivity (Wildman–Crippen MR) is 75.0 cm³/mol. The Morgan fingerprint density at radius 1 is 1.44 bits per heavy atom. The average molecular weight is 312 g/mol. The molecule has 0 bridgehead atoms. The highest BCUT2D eigenvalue weighted by Gasteiger charge is 2.32. The van der Waals surface area contributed by atoms with E-state index in [-0.39, 0.29) is 11.3 Å². The highest BCUT2D eigenvalue weighted by molar-refractivity contribution is 9.10. The fourth-order valence-electron chi connectivity index (χ4n) is 2.27. The summed E-state index contributed by atoms with van der Waals surface area (Å²) in [5.41, 5.74) is 0.944. The molecule has 3 nitrogen and oxygen atoms in total. The van der Waals surface area contributed by atoms with Crippen LogP contribution in [0.3, 0.4) is 0 Å². The van der Waals surface area contributed by atoms with E-state index >= 15 is 0 Å². The summed E-state index contributed by atoms with van der Waals surface area (Å²) in [5, 5.41) is 0. The number of methoxy groups -OCH3 is 1. The van der Waals surface area contributed by atoms with Gasteiger partial charge in [0.2, 0.25) is 0 Å². The molecular formula is C14H18BrNO2. The van der Waals surface area contributed by atoms with Crippen molar-refractivity contribution in [1.29, 1.82) is 0 Å². The van der Waals surface area contributed by atoms with E-state index in [1.54, 1.807) is 7.11 Å². The number of likely N-dealkylation sites (tertiary alicyclic amines) is 1. The van der Waals surface area contributed by atoms with E-state index in [1.165, 1.54) is 0 Å². The topological polar surface area (TPSA) is 29.5 Å². The molecule has 2 rings (SSSR count). The van der Waals surface area contributed by atoms with E-state index in [4.69, 9.17) is 4.74 Å². The first-order valence-electron chi connectivity index (χ1n) is 6.06. The van der Waals surface area contributed by atoms with E-state index in [1.807, 2.05) is 23.1 Å². The summed E-state index contributed by atoms with van der Waals surface area (Å²) in [6, 6.07) is 5.46. The van der Waals surface area contributed by atoms with Crippen LogP contribution >= 0.6 is 15.9 Å². The number of ether oxygens (including phenoxy) is 1. The maximum absolute atomic E-state index is 12.4. The van der Waals surface area contributed by atoms with Crippen LogP contribution in [0.15, 0.2) is 22.7 Å². The minimum Gasteiger partial charge on any atom is -0.496 e. The van der Waals surface area contributed by atoms with Crippen LogP contribution in [-0.2, 0) is 0 Å². The molecule has 98 valence electrons. The van der Waals surface area contributed by atoms with Gasteiger partial charge >= 0.3 is 0 Å². The maximum Gasteiger partial charge on any atom is 0.253 e. The Kier molecular flexibility index (Phi) is 3.66. The van der Waals surface area contributed by atoms with Crippen LogP contribution in [-0.4, -0.2) is 31.0 Å². The number of nitrogens with zero attached hydrogens (tertiary/aromatic N) is 1. The van der Waals surface area contributed by atoms with Crippen molar-refractivity contribution in [3.8, 4) is 5.75 Å². The largest absolute Gasteiger partial charge is 0.496 e. The summed E-state index contributed by atoms with van der Waals surface area (Å²) in [5.74, 6) is 0.845. The van der Waals surface area contributed by atoms with Gasteiger partial charge in [-0.2, -0.15) is 0 Å². The lowest BCUT2D eigenvalue weighted by Crippen LogP contribution is -2.30. The molecule has 1 aromatic rings. The van der Waals surface area contributed by atoms with Gasteiger partial charge in [0.1, 0.15) is 5.75 Å². The second-order valence-electron chi connectivity index (χ2n) is 5.49. The summed E-state index contributed by atoms with van der Waals surface area (Å²) in [4.78, 5) is 14.3. The standard InChI is InChI=1S/C14H18BrNO2/c1-14(2)6-7-16(9-14)13(17)10-4-5-12(18-3)11(15)8-10/h4-5,8H,6-7,9H2,1-3H3. The number of amides is 1. The molecule has 1 saturated heterocycles. The molecule has 1 heterocycles. The SMILES string of the molecule is COc1ccc(C(=O)N2CCC(C)(C)C2)cc1Br. The number of hydrogen-bond acceptors (Lipinski definition) is 2. The molecule has 0 unspecified atom stereocenters. The molecule has 0 N–H and O–H groups in total. The summed E-state index contributed by atoms with van der Waals surface area (Å²) in [6.07, 6.45) is 1.07. The summed E-state index contributed by atoms with van der Waals surface area (Å²) in [7, 11) is 1.62. The molecule has 0 spiro atoms. The first-order chi connectivity index (χ1) is 8.43. The molecule has 18 heavy (non-hydrogen) atoms. The molecule has 0 aromatic heterocycles. The van der Waals surface area contributed by atoms with Crippen molar-refractivity contribution in [2.75, 3.05) is 20.2 Å². The number of halogens is 1. The molecule has 0 radical (unpaired) electrons. The van der Waals surface area contributed by atoms with Crippen LogP contribution in [0.5, 0.6) is 5.75 Å². The number of rotatable bonds is 2. The van der Waals surface area contributed by atoms with Crippen LogP contribution in [0.25, 0.3) is 0 Å². The van der Waals surface area contributed by atoms with Crippen molar-refractivity contribution in [1.82, 2.24) is 4.90 Å². The van der Waals surface area contributed by atoms with Crippen molar-refractivity contribution in [3.63, 3.8) is 0 Å². The minimum atomic E-state index is 0.101. The van der Waals surface area contributed by atoms with Gasteiger partial charge in [-0.15, -0.1) is 0 Å². The van der Waals surface area contributed by atoms with Crippen molar-refractivity contribution in [3.05, 3.63) is 28.2 Å². The van der Waals surface area contributed by atoms with Gasteiger partial charge in [0, 0.05) is 18.7 Å². The fraction of sp³-hybridized carbons (Fsp3) is 0.500. The lowest BCUT2D eigenvalue weighted by Gasteiger charge is -2.20. The van der Waals surface area contributed by atoms with Crippen LogP contribution in [0.2, 0.25) is 0 Å². The number of hydrogen-bond donors (Lipinski definition) is 0. The number of carbonyl (C=O) groups excluding carboxylic acids is 1. The van der Waals surface area contributed by atoms with Crippen LogP contribution in [0.1, 0.15) is 30.6 Å². The maximum atomic E-state index is 12.4. The zero-order valence-corrected chi connectivity index (χ0v) is 12.6. The Hall–Kier alpha value is -1.03. The lowest BCUT2D eigenvalue weighted by molar-refractivity contribution is 0.0778. The zero-order chi connectivity index (χ0) is 13.3. The van der Waals surface area contributed by atoms with E-state index < -0.39 is 0 Å². The van der Waals surface area contributed by atoms with E-state index in [2.05, 4.69) is 29.8 Å². The Bertz CT molecular complexity index is 471. The number of benzene rings is 1. The molecule has 4 heteroatoms. The summed E-state index contributed by atoms with van der Waals surface area (Å²) in [6.45, 7) is 6.07. The van der Waals surface area contributed by atoms with E-state index in [9.17, 15) is 4.79 Å². The van der Waals surface area contributed by atoms with Crippen molar-refractivity contribution in [2.45, 2.75) is 20.3 Å². The highest BCUT2D eigenvalue weighted by Crippen LogP contribution is 2.31. The molecule has 1 aliphatic heterocycles. The Morgan fingerprint density at radius 3 is 2.67 bits per heavy atom. The van der Waals surface area contributed by atoms with Gasteiger partial charge in [-0.25, -0.2) is 0 Å². The van der Waals surface area contributed by atoms with Gasteiger partial charge in [-0.1, -0.05) is 13.8 Å². The smallest absolute Gasteiger partial charge is 0.253 e. The summed E-state index contributed by atoms with van der Waals surface area (Å²) < 4.78 is 5.98. The fourth-order valence-corrected chi connectivity index (χ4v) is 2.81. The third kappa shape index (κ3) is 2.69. The van der Waals surface area contributed by atoms with Gasteiger partial charge in [-0.3, -0.25) is 4.79 Å². The average Bonchev–Trinajstić information content (AvgIpc) is 2.68. The quantitative estimate of drug-likeness (QED) is 0.838. The third-order valence-corrected chi connectivity index (χ3v) is 3.98. The monoisotopic (exact) mass is 311 g/mol. The van der Waals surface area contributed by atoms with Crippen molar-refractivity contribution < 1.29 is 9.53 Å². The lowest BCUT2D eigenvalue weighted by atomic mass is 9.93. The van der Waals surface area contributed by atoms with Gasteiger partial charge in [0.25, 0.3) is 5.91 Å². The first kappa shape index (κ1) is 13.4. The van der Waals surface area contributed by atoms with Crippen molar-refractivity contribution in [2.24, 2.45) is 5.41 Å². The molecule has 1 aromatic carbocycles. The molecule has 1 fully saturated rings. The van der Waals surface area contributed by atoms with Crippen LogP contribution < -0.4 is 4.74 Å². The Morgan fingerprint density at radius 2 is 2.17 bits per heavy atom. The number of carbonyl (C=O) groups is 1. The third-order valence-electron chi connectivity index (χ3n) is 3.36. The molecule has 1 amide bonds. The Balaban J connectivity index is 2.17. The van der Waals surface area contributed by atoms with Gasteiger partial charge in [0.05, 0.1) is 11.6 Å². The summed E-state index contributed by atoms with van der Waals surface area (Å²) >= 11 is 3.41. The Labute approximate surface area is 116 Å². The second kappa shape index (κ2) is 4.92. The van der Waals surface area contributed by atoms with Gasteiger partial charge in [-0.05, 0) is 46.0 Å². The second-order valence-corrected chi connectivity index (χ2v) is 6.34. The zero-order valence-electron chi connectivity index (χ0n) is 11.0. The molecule has 1 aliphatic rings. The predicted octanol–water partition coefficient (Wildman–Crippen LogP) is 3.33. The molecule has 0 saturated carbocycles. The highest BCUT2D eigenvalue weighted by atomic mass is 79.9. The minimum absolute atomic E-state index is 0.101. The normalized spacial score (nSPS) is 17.9. The van der Waals surface area contributed by atoms with Crippen molar-refractivity contribution >= 4 is 21.8 Å². The van der Waals surface area contributed by atoms with Crippen LogP contribution in [0.4, 0.5) is 0 Å². The molecule has 0 aliphatic carbocycles. The first-order valence-corrected chi connectivity index (χ1v) is 6.85. The van der Waals surface area contributed by atoms with Gasteiger partial charge in [0.15, 0.2) is 0 Å². The van der Waals surface area contributed by atoms with E-state index in [0.717, 1.165) is 29.7 Å². The van der Waals surface area contributed by atoms with E-state index in [0.29, 0.717) is 5.56 Å². The molecule has 0 atom stereocenters.